The minimum atomic E-state index is 0.303. The molecule has 1 fully saturated rings. The fraction of sp³-hybridized carbons (Fsp3) is 0.423. The normalized spacial score (nSPS) is 15.5. The van der Waals surface area contributed by atoms with Crippen LogP contribution in [0.1, 0.15) is 19.3 Å². The third-order valence-corrected chi connectivity index (χ3v) is 6.97. The molecule has 1 aromatic carbocycles. The van der Waals surface area contributed by atoms with Crippen molar-refractivity contribution < 1.29 is 14.6 Å². The topological polar surface area (TPSA) is 75.5 Å². The summed E-state index contributed by atoms with van der Waals surface area (Å²) in [4.78, 5) is 10.5. The smallest absolute Gasteiger partial charge is 0.162 e. The number of nitrogens with one attached hydrogen (secondary N) is 1. The molecule has 5 rings (SSSR count). The van der Waals surface area contributed by atoms with Gasteiger partial charge >= 0.3 is 0 Å². The SMILES string of the molecule is COc1cc2c(-c3cc4cccnc4[nH]3)cn(CCN3CCC(CCO)CC3)c2cc1OC. The van der Waals surface area contributed by atoms with Crippen LogP contribution in [0.4, 0.5) is 0 Å². The summed E-state index contributed by atoms with van der Waals surface area (Å²) in [6.07, 6.45) is 7.31. The zero-order chi connectivity index (χ0) is 22.8. The van der Waals surface area contributed by atoms with Gasteiger partial charge in [-0.2, -0.15) is 0 Å². The van der Waals surface area contributed by atoms with Gasteiger partial charge in [-0.3, -0.25) is 0 Å². The number of aliphatic hydroxyl groups excluding tert-OH is 1. The minimum Gasteiger partial charge on any atom is -0.493 e. The van der Waals surface area contributed by atoms with Crippen LogP contribution in [-0.4, -0.2) is 65.0 Å². The quantitative estimate of drug-likeness (QED) is 0.420. The molecule has 7 heteroatoms. The van der Waals surface area contributed by atoms with Gasteiger partial charge in [0.15, 0.2) is 11.5 Å². The van der Waals surface area contributed by atoms with E-state index < -0.39 is 0 Å². The Morgan fingerprint density at radius 2 is 1.88 bits per heavy atom. The number of piperidine rings is 1. The largest absolute Gasteiger partial charge is 0.493 e. The third-order valence-electron chi connectivity index (χ3n) is 6.97. The Morgan fingerprint density at radius 1 is 1.09 bits per heavy atom. The molecule has 2 N–H and O–H groups in total. The highest BCUT2D eigenvalue weighted by molar-refractivity contribution is 5.99. The second-order valence-corrected chi connectivity index (χ2v) is 8.88. The van der Waals surface area contributed by atoms with Gasteiger partial charge in [0.25, 0.3) is 0 Å². The second kappa shape index (κ2) is 9.45. The maximum Gasteiger partial charge on any atom is 0.162 e. The van der Waals surface area contributed by atoms with Crippen LogP contribution in [0, 0.1) is 5.92 Å². The van der Waals surface area contributed by atoms with Crippen LogP contribution < -0.4 is 9.47 Å². The Kier molecular flexibility index (Phi) is 6.24. The number of aliphatic hydroxyl groups is 1. The van der Waals surface area contributed by atoms with Crippen molar-refractivity contribution in [2.24, 2.45) is 5.92 Å². The Balaban J connectivity index is 1.47. The van der Waals surface area contributed by atoms with E-state index in [9.17, 15) is 5.11 Å². The number of hydrogen-bond acceptors (Lipinski definition) is 5. The molecule has 33 heavy (non-hydrogen) atoms. The van der Waals surface area contributed by atoms with Crippen molar-refractivity contribution in [2.75, 3.05) is 40.5 Å². The fourth-order valence-electron chi connectivity index (χ4n) is 5.05. The first-order valence-corrected chi connectivity index (χ1v) is 11.7. The van der Waals surface area contributed by atoms with Gasteiger partial charge in [0.2, 0.25) is 0 Å². The van der Waals surface area contributed by atoms with Crippen molar-refractivity contribution >= 4 is 21.9 Å². The first-order valence-electron chi connectivity index (χ1n) is 11.7. The van der Waals surface area contributed by atoms with Crippen LogP contribution in [0.2, 0.25) is 0 Å². The summed E-state index contributed by atoms with van der Waals surface area (Å²) in [5.74, 6) is 2.13. The zero-order valence-corrected chi connectivity index (χ0v) is 19.4. The van der Waals surface area contributed by atoms with Gasteiger partial charge in [0.05, 0.1) is 19.7 Å². The van der Waals surface area contributed by atoms with E-state index in [1.54, 1.807) is 14.2 Å². The highest BCUT2D eigenvalue weighted by Crippen LogP contribution is 2.39. The van der Waals surface area contributed by atoms with E-state index in [1.807, 2.05) is 12.3 Å². The van der Waals surface area contributed by atoms with E-state index in [0.717, 1.165) is 77.3 Å². The van der Waals surface area contributed by atoms with Crippen LogP contribution in [0.5, 0.6) is 11.5 Å². The Hall–Kier alpha value is -3.03. The van der Waals surface area contributed by atoms with Crippen LogP contribution in [-0.2, 0) is 6.54 Å². The molecule has 174 valence electrons. The average Bonchev–Trinajstić information content (AvgIpc) is 3.44. The number of benzene rings is 1. The van der Waals surface area contributed by atoms with Crippen LogP contribution in [0.3, 0.4) is 0 Å². The predicted octanol–water partition coefficient (Wildman–Crippen LogP) is 4.30. The molecule has 3 aromatic heterocycles. The monoisotopic (exact) mass is 448 g/mol. The average molecular weight is 449 g/mol. The summed E-state index contributed by atoms with van der Waals surface area (Å²) in [6, 6.07) is 10.3. The molecule has 0 radical (unpaired) electrons. The summed E-state index contributed by atoms with van der Waals surface area (Å²) in [5, 5.41) is 11.4. The lowest BCUT2D eigenvalue weighted by Crippen LogP contribution is -2.36. The summed E-state index contributed by atoms with van der Waals surface area (Å²) in [6.45, 7) is 4.40. The molecule has 0 spiro atoms. The van der Waals surface area contributed by atoms with Gasteiger partial charge < -0.3 is 29.0 Å². The number of ether oxygens (including phenoxy) is 2. The van der Waals surface area contributed by atoms with Crippen molar-refractivity contribution in [3.05, 3.63) is 42.7 Å². The molecule has 0 bridgehead atoms. The number of nitrogens with zero attached hydrogens (tertiary/aromatic N) is 3. The molecule has 0 amide bonds. The molecule has 0 aliphatic carbocycles. The van der Waals surface area contributed by atoms with Crippen molar-refractivity contribution in [3.8, 4) is 22.8 Å². The number of rotatable bonds is 8. The van der Waals surface area contributed by atoms with E-state index in [2.05, 4.69) is 49.9 Å². The number of H-pyrrole nitrogens is 1. The lowest BCUT2D eigenvalue weighted by atomic mass is 9.94. The molecule has 0 unspecified atom stereocenters. The Labute approximate surface area is 193 Å². The maximum atomic E-state index is 9.22. The van der Waals surface area contributed by atoms with Gasteiger partial charge in [-0.05, 0) is 62.5 Å². The number of aromatic amines is 1. The van der Waals surface area contributed by atoms with E-state index >= 15 is 0 Å². The fourth-order valence-corrected chi connectivity index (χ4v) is 5.05. The van der Waals surface area contributed by atoms with Gasteiger partial charge in [-0.15, -0.1) is 0 Å². The second-order valence-electron chi connectivity index (χ2n) is 8.88. The number of hydrogen-bond donors (Lipinski definition) is 2. The molecule has 0 saturated carbocycles. The van der Waals surface area contributed by atoms with Crippen LogP contribution in [0.25, 0.3) is 33.2 Å². The molecule has 4 heterocycles. The molecule has 1 saturated heterocycles. The molecule has 4 aromatic rings. The summed E-state index contributed by atoms with van der Waals surface area (Å²) >= 11 is 0. The first-order chi connectivity index (χ1) is 16.2. The molecule has 0 atom stereocenters. The van der Waals surface area contributed by atoms with Gasteiger partial charge in [0.1, 0.15) is 5.65 Å². The van der Waals surface area contributed by atoms with Crippen molar-refractivity contribution in [2.45, 2.75) is 25.8 Å². The van der Waals surface area contributed by atoms with Crippen molar-refractivity contribution in [1.82, 2.24) is 19.4 Å². The van der Waals surface area contributed by atoms with Crippen LogP contribution >= 0.6 is 0 Å². The van der Waals surface area contributed by atoms with E-state index in [0.29, 0.717) is 12.5 Å². The predicted molar refractivity (Wildman–Crippen MR) is 131 cm³/mol. The Morgan fingerprint density at radius 3 is 2.61 bits per heavy atom. The third kappa shape index (κ3) is 4.30. The van der Waals surface area contributed by atoms with Gasteiger partial charge in [-0.25, -0.2) is 4.98 Å². The van der Waals surface area contributed by atoms with Crippen molar-refractivity contribution in [3.63, 3.8) is 0 Å². The highest BCUT2D eigenvalue weighted by atomic mass is 16.5. The molecule has 1 aliphatic heterocycles. The molecule has 1 aliphatic rings. The van der Waals surface area contributed by atoms with Gasteiger partial charge in [0, 0.05) is 60.2 Å². The van der Waals surface area contributed by atoms with Crippen molar-refractivity contribution in [1.29, 1.82) is 0 Å². The van der Waals surface area contributed by atoms with E-state index in [-0.39, 0.29) is 0 Å². The number of aromatic nitrogens is 3. The molecular weight excluding hydrogens is 416 g/mol. The lowest BCUT2D eigenvalue weighted by molar-refractivity contribution is 0.155. The number of methoxy groups -OCH3 is 2. The minimum absolute atomic E-state index is 0.303. The first kappa shape index (κ1) is 21.8. The van der Waals surface area contributed by atoms with Gasteiger partial charge in [-0.1, -0.05) is 0 Å². The Bertz CT molecular complexity index is 1200. The van der Waals surface area contributed by atoms with E-state index in [4.69, 9.17) is 9.47 Å². The summed E-state index contributed by atoms with van der Waals surface area (Å²) < 4.78 is 13.5. The molecular formula is C26H32N4O3. The molecule has 7 nitrogen and oxygen atoms in total. The van der Waals surface area contributed by atoms with E-state index in [1.165, 1.54) is 12.8 Å². The van der Waals surface area contributed by atoms with Crippen LogP contribution in [0.15, 0.2) is 42.7 Å². The zero-order valence-electron chi connectivity index (χ0n) is 19.4. The summed E-state index contributed by atoms with van der Waals surface area (Å²) in [5.41, 5.74) is 4.19. The number of fused-ring (bicyclic) bond motifs is 2. The lowest BCUT2D eigenvalue weighted by Gasteiger charge is -2.31. The maximum absolute atomic E-state index is 9.22. The number of pyridine rings is 1. The highest BCUT2D eigenvalue weighted by Gasteiger charge is 2.20. The number of likely N-dealkylation sites (tertiary alicyclic amines) is 1. The standard InChI is InChI=1S/C26H32N4O3/c1-32-24-15-20-21(22-14-19-4-3-8-27-26(19)28-22)17-30(23(20)16-25(24)33-2)12-11-29-9-5-18(6-10-29)7-13-31/h3-4,8,14-18,31H,5-7,9-13H2,1-2H3,(H,27,28). The summed E-state index contributed by atoms with van der Waals surface area (Å²) in [7, 11) is 3.35.